The summed E-state index contributed by atoms with van der Waals surface area (Å²) in [4.78, 5) is 24.5. The highest BCUT2D eigenvalue weighted by Crippen LogP contribution is 2.19. The highest BCUT2D eigenvalue weighted by atomic mass is 16.4. The van der Waals surface area contributed by atoms with Crippen LogP contribution in [0.15, 0.2) is 78.9 Å². The van der Waals surface area contributed by atoms with Crippen molar-refractivity contribution in [2.75, 3.05) is 0 Å². The van der Waals surface area contributed by atoms with Crippen LogP contribution in [-0.2, 0) is 22.6 Å². The second-order valence-electron chi connectivity index (χ2n) is 7.80. The zero-order valence-electron chi connectivity index (χ0n) is 18.0. The second-order valence-corrected chi connectivity index (χ2v) is 7.80. The summed E-state index contributed by atoms with van der Waals surface area (Å²) in [6, 6.07) is 25.3. The highest BCUT2D eigenvalue weighted by Gasteiger charge is 2.26. The van der Waals surface area contributed by atoms with Crippen molar-refractivity contribution in [2.45, 2.75) is 32.3 Å². The molecule has 0 aromatic heterocycles. The first-order valence-corrected chi connectivity index (χ1v) is 10.5. The van der Waals surface area contributed by atoms with Gasteiger partial charge in [0.05, 0.1) is 5.94 Å². The number of nitrogens with one attached hydrogen (secondary N) is 2. The fourth-order valence-corrected chi connectivity index (χ4v) is 3.37. The van der Waals surface area contributed by atoms with Crippen LogP contribution < -0.4 is 10.6 Å². The molecule has 2 amide bonds. The van der Waals surface area contributed by atoms with Crippen LogP contribution in [0.4, 0.5) is 0 Å². The fraction of sp³-hybridized carbons (Fsp3) is 0.200. The Bertz CT molecular complexity index is 1040. The van der Waals surface area contributed by atoms with E-state index in [9.17, 15) is 19.6 Å². The molecule has 3 aromatic rings. The third-order valence-corrected chi connectivity index (χ3v) is 5.13. The smallest absolute Gasteiger partial charge is 0.426 e. The summed E-state index contributed by atoms with van der Waals surface area (Å²) in [5.41, 5.74) is 5.00. The number of aryl methyl sites for hydroxylation is 1. The summed E-state index contributed by atoms with van der Waals surface area (Å²) >= 11 is 0. The third-order valence-electron chi connectivity index (χ3n) is 5.13. The Kier molecular flexibility index (Phi) is 8.19. The number of carbonyl (C=O) groups is 2. The molecule has 0 aliphatic rings. The van der Waals surface area contributed by atoms with E-state index in [0.717, 1.165) is 27.8 Å². The highest BCUT2D eigenvalue weighted by molar-refractivity contribution is 6.43. The average Bonchev–Trinajstić information content (AvgIpc) is 2.79. The minimum atomic E-state index is -1.73. The quantitative estimate of drug-likeness (QED) is 0.310. The molecule has 4 N–H and O–H groups in total. The van der Waals surface area contributed by atoms with Crippen LogP contribution in [0.5, 0.6) is 0 Å². The van der Waals surface area contributed by atoms with E-state index in [1.807, 2.05) is 85.8 Å². The maximum Gasteiger partial charge on any atom is 0.475 e. The van der Waals surface area contributed by atoms with Gasteiger partial charge in [0, 0.05) is 6.54 Å². The molecule has 0 heterocycles. The second kappa shape index (κ2) is 11.3. The van der Waals surface area contributed by atoms with Crippen molar-refractivity contribution < 1.29 is 19.6 Å². The lowest BCUT2D eigenvalue weighted by molar-refractivity contribution is -0.129. The van der Waals surface area contributed by atoms with Crippen molar-refractivity contribution in [1.29, 1.82) is 0 Å². The third kappa shape index (κ3) is 7.08. The summed E-state index contributed by atoms with van der Waals surface area (Å²) in [6.45, 7) is 2.25. The van der Waals surface area contributed by atoms with Gasteiger partial charge in [-0.2, -0.15) is 0 Å². The molecule has 0 radical (unpaired) electrons. The van der Waals surface area contributed by atoms with E-state index in [4.69, 9.17) is 0 Å². The van der Waals surface area contributed by atoms with Gasteiger partial charge in [0.2, 0.25) is 11.8 Å². The van der Waals surface area contributed by atoms with E-state index in [2.05, 4.69) is 10.6 Å². The molecule has 0 spiro atoms. The molecular formula is C25H27BN2O4. The molecule has 1 atom stereocenters. The largest absolute Gasteiger partial charge is 0.475 e. The summed E-state index contributed by atoms with van der Waals surface area (Å²) in [6.07, 6.45) is -0.146. The molecule has 3 aromatic carbocycles. The maximum atomic E-state index is 12.3. The predicted molar refractivity (Wildman–Crippen MR) is 125 cm³/mol. The van der Waals surface area contributed by atoms with Gasteiger partial charge in [0.15, 0.2) is 0 Å². The zero-order valence-corrected chi connectivity index (χ0v) is 18.0. The molecule has 0 bridgehead atoms. The minimum absolute atomic E-state index is 0.248. The first-order valence-electron chi connectivity index (χ1n) is 10.5. The number of hydrogen-bond donors (Lipinski definition) is 4. The molecule has 164 valence electrons. The van der Waals surface area contributed by atoms with Crippen molar-refractivity contribution in [2.24, 2.45) is 0 Å². The van der Waals surface area contributed by atoms with E-state index in [0.29, 0.717) is 6.54 Å². The fourth-order valence-electron chi connectivity index (χ4n) is 3.37. The molecule has 3 rings (SSSR count). The Morgan fingerprint density at radius 2 is 1.53 bits per heavy atom. The monoisotopic (exact) mass is 430 g/mol. The molecule has 0 saturated carbocycles. The summed E-state index contributed by atoms with van der Waals surface area (Å²) < 4.78 is 0. The van der Waals surface area contributed by atoms with Gasteiger partial charge in [-0.25, -0.2) is 0 Å². The van der Waals surface area contributed by atoms with Crippen molar-refractivity contribution >= 4 is 18.9 Å². The van der Waals surface area contributed by atoms with Gasteiger partial charge >= 0.3 is 7.12 Å². The number of carbonyl (C=O) groups excluding carboxylic acids is 2. The molecule has 7 heteroatoms. The van der Waals surface area contributed by atoms with Crippen molar-refractivity contribution in [3.63, 3.8) is 0 Å². The minimum Gasteiger partial charge on any atom is -0.426 e. The van der Waals surface area contributed by atoms with Crippen LogP contribution in [0.1, 0.15) is 23.1 Å². The number of hydrogen-bond acceptors (Lipinski definition) is 4. The lowest BCUT2D eigenvalue weighted by Crippen LogP contribution is -2.48. The average molecular weight is 430 g/mol. The normalized spacial score (nSPS) is 11.5. The molecule has 0 aliphatic carbocycles. The SMILES string of the molecule is Cc1ccc(C[C@H](NC(=O)CC(=O)NCc2cccc(-c3ccccc3)c2)B(O)O)cc1. The Morgan fingerprint density at radius 3 is 2.22 bits per heavy atom. The number of amides is 2. The van der Waals surface area contributed by atoms with Crippen molar-refractivity contribution in [3.05, 3.63) is 95.6 Å². The first-order chi connectivity index (χ1) is 15.4. The van der Waals surface area contributed by atoms with E-state index in [1.54, 1.807) is 0 Å². The molecule has 0 saturated heterocycles. The van der Waals surface area contributed by atoms with Crippen LogP contribution in [0.2, 0.25) is 0 Å². The molecule has 0 aliphatic heterocycles. The van der Waals surface area contributed by atoms with E-state index in [1.165, 1.54) is 0 Å². The van der Waals surface area contributed by atoms with Gasteiger partial charge < -0.3 is 20.7 Å². The van der Waals surface area contributed by atoms with Gasteiger partial charge in [-0.1, -0.05) is 78.4 Å². The van der Waals surface area contributed by atoms with Gasteiger partial charge in [-0.3, -0.25) is 9.59 Å². The van der Waals surface area contributed by atoms with Crippen molar-refractivity contribution in [3.8, 4) is 11.1 Å². The molecule has 32 heavy (non-hydrogen) atoms. The Morgan fingerprint density at radius 1 is 0.844 bits per heavy atom. The van der Waals surface area contributed by atoms with Crippen LogP contribution in [0.3, 0.4) is 0 Å². The molecule has 0 fully saturated rings. The van der Waals surface area contributed by atoms with Gasteiger partial charge in [-0.05, 0) is 41.7 Å². The van der Waals surface area contributed by atoms with Gasteiger partial charge in [0.1, 0.15) is 6.42 Å². The number of rotatable bonds is 9. The molecular weight excluding hydrogens is 403 g/mol. The van der Waals surface area contributed by atoms with Crippen LogP contribution in [0, 0.1) is 6.92 Å². The lowest BCUT2D eigenvalue weighted by atomic mass is 9.76. The van der Waals surface area contributed by atoms with Crippen LogP contribution in [0.25, 0.3) is 11.1 Å². The predicted octanol–water partition coefficient (Wildman–Crippen LogP) is 2.41. The molecule has 0 unspecified atom stereocenters. The van der Waals surface area contributed by atoms with Crippen molar-refractivity contribution in [1.82, 2.24) is 10.6 Å². The summed E-state index contributed by atoms with van der Waals surface area (Å²) in [5.74, 6) is -1.90. The molecule has 6 nitrogen and oxygen atoms in total. The number of benzene rings is 3. The lowest BCUT2D eigenvalue weighted by Gasteiger charge is -2.18. The van der Waals surface area contributed by atoms with Gasteiger partial charge in [0.25, 0.3) is 0 Å². The summed E-state index contributed by atoms with van der Waals surface area (Å²) in [7, 11) is -1.73. The Hall–Kier alpha value is -3.42. The van der Waals surface area contributed by atoms with E-state index in [-0.39, 0.29) is 6.42 Å². The zero-order chi connectivity index (χ0) is 22.9. The first kappa shape index (κ1) is 23.3. The van der Waals surface area contributed by atoms with E-state index < -0.39 is 31.3 Å². The standard InChI is InChI=1S/C25H27BN2O4/c1-18-10-12-19(13-11-18)15-23(26(31)32)28-25(30)16-24(29)27-17-20-6-5-9-22(14-20)21-7-3-2-4-8-21/h2-14,23,31-32H,15-17H2,1H3,(H,27,29)(H,28,30)/t23-/m0/s1. The van der Waals surface area contributed by atoms with E-state index >= 15 is 0 Å². The Balaban J connectivity index is 1.50. The summed E-state index contributed by atoms with van der Waals surface area (Å²) in [5, 5.41) is 24.5. The van der Waals surface area contributed by atoms with Gasteiger partial charge in [-0.15, -0.1) is 0 Å². The Labute approximate surface area is 188 Å². The topological polar surface area (TPSA) is 98.7 Å². The maximum absolute atomic E-state index is 12.3. The van der Waals surface area contributed by atoms with Crippen LogP contribution in [-0.4, -0.2) is 34.9 Å². The van der Waals surface area contributed by atoms with Crippen LogP contribution >= 0.6 is 0 Å².